The van der Waals surface area contributed by atoms with Crippen LogP contribution in [0.2, 0.25) is 5.02 Å². The van der Waals surface area contributed by atoms with E-state index in [1.807, 2.05) is 0 Å². The molecule has 1 atom stereocenters. The minimum Gasteiger partial charge on any atom is -0.423 e. The van der Waals surface area contributed by atoms with Crippen molar-refractivity contribution >= 4 is 34.6 Å². The quantitative estimate of drug-likeness (QED) is 0.404. The minimum absolute atomic E-state index is 0.00982. The topological polar surface area (TPSA) is 80.3 Å². The molecule has 1 aliphatic rings. The van der Waals surface area contributed by atoms with E-state index in [-0.39, 0.29) is 37.6 Å². The fraction of sp³-hybridized carbons (Fsp3) is 0.304. The molecule has 0 radical (unpaired) electrons. The zero-order valence-electron chi connectivity index (χ0n) is 18.5. The van der Waals surface area contributed by atoms with Crippen LogP contribution in [0.3, 0.4) is 0 Å². The van der Waals surface area contributed by atoms with Gasteiger partial charge in [0.2, 0.25) is 0 Å². The molecule has 0 N–H and O–H groups in total. The van der Waals surface area contributed by atoms with Gasteiger partial charge >= 0.3 is 6.18 Å². The number of nitrogens with zero attached hydrogens (tertiary/aromatic N) is 6. The summed E-state index contributed by atoms with van der Waals surface area (Å²) in [6.45, 7) is 1.71. The minimum atomic E-state index is -4.62. The second-order valence-electron chi connectivity index (χ2n) is 8.28. The first-order valence-corrected chi connectivity index (χ1v) is 11.2. The molecule has 0 spiro atoms. The number of oxazole rings is 1. The number of amides is 1. The molecule has 2 aromatic heterocycles. The monoisotopic (exact) mass is 504 g/mol. The third-order valence-electron chi connectivity index (χ3n) is 5.92. The van der Waals surface area contributed by atoms with Crippen LogP contribution in [-0.2, 0) is 0 Å². The summed E-state index contributed by atoms with van der Waals surface area (Å²) in [6.07, 6.45) is -2.09. The van der Waals surface area contributed by atoms with E-state index in [0.29, 0.717) is 21.8 Å². The molecule has 1 amide bonds. The number of aryl methyl sites for hydroxylation is 1. The van der Waals surface area contributed by atoms with Gasteiger partial charge in [0.15, 0.2) is 5.58 Å². The Labute approximate surface area is 202 Å². The zero-order valence-corrected chi connectivity index (χ0v) is 19.3. The summed E-state index contributed by atoms with van der Waals surface area (Å²) in [7, 11) is 0. The van der Waals surface area contributed by atoms with Crippen LogP contribution in [0.1, 0.15) is 22.3 Å². The van der Waals surface area contributed by atoms with Gasteiger partial charge in [0.1, 0.15) is 11.6 Å². The van der Waals surface area contributed by atoms with E-state index in [1.54, 1.807) is 48.2 Å². The van der Waals surface area contributed by atoms with Crippen molar-refractivity contribution in [1.29, 1.82) is 0 Å². The average molecular weight is 505 g/mol. The van der Waals surface area contributed by atoms with Gasteiger partial charge in [-0.2, -0.15) is 33.1 Å². The van der Waals surface area contributed by atoms with Gasteiger partial charge in [-0.05, 0) is 43.7 Å². The molecule has 1 aliphatic heterocycles. The number of benzene rings is 2. The highest BCUT2D eigenvalue weighted by Gasteiger charge is 2.47. The summed E-state index contributed by atoms with van der Waals surface area (Å²) < 4.78 is 48.2. The molecule has 0 aliphatic carbocycles. The van der Waals surface area contributed by atoms with E-state index < -0.39 is 18.1 Å². The first-order chi connectivity index (χ1) is 16.7. The van der Waals surface area contributed by atoms with E-state index >= 15 is 0 Å². The number of hydrogen-bond donors (Lipinski definition) is 0. The Kier molecular flexibility index (Phi) is 5.87. The van der Waals surface area contributed by atoms with Crippen LogP contribution in [0.15, 0.2) is 53.2 Å². The lowest BCUT2D eigenvalue weighted by Gasteiger charge is -2.31. The lowest BCUT2D eigenvalue weighted by molar-refractivity contribution is -0.176. The summed E-state index contributed by atoms with van der Waals surface area (Å²) >= 11 is 6.01. The number of alkyl halides is 3. The van der Waals surface area contributed by atoms with E-state index in [0.717, 1.165) is 10.5 Å². The van der Waals surface area contributed by atoms with Gasteiger partial charge in [0.25, 0.3) is 11.9 Å². The second kappa shape index (κ2) is 8.88. The molecule has 0 bridgehead atoms. The van der Waals surface area contributed by atoms with Gasteiger partial charge < -0.3 is 14.2 Å². The van der Waals surface area contributed by atoms with Crippen LogP contribution in [0.5, 0.6) is 0 Å². The van der Waals surface area contributed by atoms with Gasteiger partial charge in [-0.1, -0.05) is 23.2 Å². The van der Waals surface area contributed by atoms with Crippen LogP contribution in [0.4, 0.5) is 19.2 Å². The molecular weight excluding hydrogens is 485 g/mol. The number of rotatable bonds is 3. The number of aromatic nitrogens is 4. The fourth-order valence-electron chi connectivity index (χ4n) is 4.22. The number of halogens is 4. The molecule has 4 aromatic rings. The maximum absolute atomic E-state index is 14.1. The Bertz CT molecular complexity index is 1370. The third-order valence-corrected chi connectivity index (χ3v) is 6.16. The predicted molar refractivity (Wildman–Crippen MR) is 123 cm³/mol. The molecule has 35 heavy (non-hydrogen) atoms. The fourth-order valence-corrected chi connectivity index (χ4v) is 4.39. The number of carbonyl (C=O) groups excluding carboxylic acids is 1. The summed E-state index contributed by atoms with van der Waals surface area (Å²) in [6, 6.07) is 8.07. The molecular formula is C23H20ClF3N6O2. The van der Waals surface area contributed by atoms with Gasteiger partial charge in [-0.15, -0.1) is 0 Å². The van der Waals surface area contributed by atoms with Crippen molar-refractivity contribution in [2.45, 2.75) is 25.6 Å². The van der Waals surface area contributed by atoms with E-state index in [2.05, 4.69) is 15.2 Å². The molecule has 2 aromatic carbocycles. The van der Waals surface area contributed by atoms with Crippen LogP contribution < -0.4 is 4.90 Å². The summed E-state index contributed by atoms with van der Waals surface area (Å²) in [5, 5.41) is 8.56. The Morgan fingerprint density at radius 3 is 2.60 bits per heavy atom. The Balaban J connectivity index is 1.48. The van der Waals surface area contributed by atoms with Crippen LogP contribution >= 0.6 is 11.6 Å². The number of fused-ring (bicyclic) bond motifs is 1. The first kappa shape index (κ1) is 23.2. The molecule has 1 fully saturated rings. The highest BCUT2D eigenvalue weighted by atomic mass is 35.5. The smallest absolute Gasteiger partial charge is 0.408 e. The summed E-state index contributed by atoms with van der Waals surface area (Å²) in [4.78, 5) is 21.7. The van der Waals surface area contributed by atoms with Gasteiger partial charge in [-0.3, -0.25) is 4.79 Å². The molecule has 182 valence electrons. The van der Waals surface area contributed by atoms with Crippen LogP contribution in [0, 0.1) is 6.92 Å². The van der Waals surface area contributed by atoms with E-state index in [4.69, 9.17) is 16.0 Å². The molecule has 1 saturated heterocycles. The summed E-state index contributed by atoms with van der Waals surface area (Å²) in [5.41, 5.74) is 2.12. The van der Waals surface area contributed by atoms with Crippen molar-refractivity contribution in [2.75, 3.05) is 24.5 Å². The molecule has 5 rings (SSSR count). The maximum Gasteiger partial charge on any atom is 0.408 e. The third kappa shape index (κ3) is 4.55. The molecule has 0 saturated carbocycles. The lowest BCUT2D eigenvalue weighted by Crippen LogP contribution is -2.49. The number of hydrogen-bond acceptors (Lipinski definition) is 6. The van der Waals surface area contributed by atoms with Crippen molar-refractivity contribution in [3.8, 4) is 5.69 Å². The highest BCUT2D eigenvalue weighted by Crippen LogP contribution is 2.33. The maximum atomic E-state index is 14.1. The number of anilines is 1. The molecule has 8 nitrogen and oxygen atoms in total. The van der Waals surface area contributed by atoms with Crippen molar-refractivity contribution in [1.82, 2.24) is 24.9 Å². The van der Waals surface area contributed by atoms with Crippen molar-refractivity contribution < 1.29 is 22.4 Å². The molecule has 1 unspecified atom stereocenters. The average Bonchev–Trinajstić information content (AvgIpc) is 3.42. The molecule has 12 heteroatoms. The first-order valence-electron chi connectivity index (χ1n) is 10.9. The van der Waals surface area contributed by atoms with Crippen LogP contribution in [-0.4, -0.2) is 62.6 Å². The van der Waals surface area contributed by atoms with Crippen LogP contribution in [0.25, 0.3) is 16.8 Å². The van der Waals surface area contributed by atoms with Crippen molar-refractivity contribution in [3.05, 3.63) is 64.9 Å². The van der Waals surface area contributed by atoms with Gasteiger partial charge in [-0.25, -0.2) is 0 Å². The normalized spacial score (nSPS) is 17.1. The zero-order chi connectivity index (χ0) is 24.7. The largest absolute Gasteiger partial charge is 0.423 e. The van der Waals surface area contributed by atoms with E-state index in [9.17, 15) is 18.0 Å². The second-order valence-corrected chi connectivity index (χ2v) is 8.72. The van der Waals surface area contributed by atoms with Crippen molar-refractivity contribution in [3.63, 3.8) is 0 Å². The summed E-state index contributed by atoms with van der Waals surface area (Å²) in [5.74, 6) is -0.741. The highest BCUT2D eigenvalue weighted by molar-refractivity contribution is 6.31. The Morgan fingerprint density at radius 2 is 1.86 bits per heavy atom. The standard InChI is InChI=1S/C23H20ClF3N6O2/c1-14-2-4-18(33-28-7-8-29-33)16(12-14)21(34)32-11-10-31(9-6-20(32)23(25,26)27)22-30-17-13-15(24)3-5-19(17)35-22/h2-5,7-8,12-13,20H,6,9-11H2,1H3. The Morgan fingerprint density at radius 1 is 1.09 bits per heavy atom. The van der Waals surface area contributed by atoms with Gasteiger partial charge in [0.05, 0.1) is 23.6 Å². The van der Waals surface area contributed by atoms with Gasteiger partial charge in [0, 0.05) is 24.7 Å². The molecule has 3 heterocycles. The van der Waals surface area contributed by atoms with E-state index in [1.165, 1.54) is 17.2 Å². The number of carbonyl (C=O) groups is 1. The Hall–Kier alpha value is -3.60. The SMILES string of the molecule is Cc1ccc(-n2nccn2)c(C(=O)N2CCN(c3nc4cc(Cl)ccc4o3)CCC2C(F)(F)F)c1. The lowest BCUT2D eigenvalue weighted by atomic mass is 10.1. The predicted octanol–water partition coefficient (Wildman–Crippen LogP) is 4.65. The van der Waals surface area contributed by atoms with Crippen molar-refractivity contribution in [2.24, 2.45) is 0 Å².